The van der Waals surface area contributed by atoms with Gasteiger partial charge in [-0.3, -0.25) is 4.79 Å². The minimum Gasteiger partial charge on any atom is -0.394 e. The van der Waals surface area contributed by atoms with Crippen LogP contribution in [0, 0.1) is 0 Å². The van der Waals surface area contributed by atoms with Gasteiger partial charge in [0.05, 0.1) is 38.6 Å². The molecular formula is C65H119NO18. The largest absolute Gasteiger partial charge is 0.394 e. The van der Waals surface area contributed by atoms with Gasteiger partial charge < -0.3 is 89.9 Å². The summed E-state index contributed by atoms with van der Waals surface area (Å²) in [5.74, 6) is -0.289. The Bertz CT molecular complexity index is 1670. The van der Waals surface area contributed by atoms with E-state index in [1.54, 1.807) is 6.08 Å². The third-order valence-corrected chi connectivity index (χ3v) is 16.7. The van der Waals surface area contributed by atoms with Crippen LogP contribution >= 0.6 is 0 Å². The number of amides is 1. The van der Waals surface area contributed by atoms with Crippen LogP contribution in [0.3, 0.4) is 0 Å². The Labute approximate surface area is 504 Å². The molecule has 3 heterocycles. The molecule has 3 aliphatic rings. The molecule has 19 nitrogen and oxygen atoms in total. The Hall–Kier alpha value is -1.99. The molecule has 84 heavy (non-hydrogen) atoms. The summed E-state index contributed by atoms with van der Waals surface area (Å²) in [5, 5.41) is 120. The van der Waals surface area contributed by atoms with E-state index in [4.69, 9.17) is 28.4 Å². The molecule has 0 aromatic rings. The monoisotopic (exact) mass is 1200 g/mol. The van der Waals surface area contributed by atoms with E-state index >= 15 is 0 Å². The Morgan fingerprint density at radius 3 is 1.18 bits per heavy atom. The summed E-state index contributed by atoms with van der Waals surface area (Å²) in [6.07, 6.45) is 27.5. The average molecular weight is 1200 g/mol. The molecule has 0 aliphatic carbocycles. The van der Waals surface area contributed by atoms with Gasteiger partial charge in [-0.1, -0.05) is 230 Å². The Kier molecular flexibility index (Phi) is 43.5. The molecule has 1 amide bonds. The van der Waals surface area contributed by atoms with Gasteiger partial charge in [-0.05, 0) is 38.5 Å². The second kappa shape index (κ2) is 47.9. The van der Waals surface area contributed by atoms with Crippen molar-refractivity contribution >= 4 is 5.91 Å². The zero-order valence-corrected chi connectivity index (χ0v) is 51.6. The van der Waals surface area contributed by atoms with Crippen LogP contribution < -0.4 is 5.32 Å². The van der Waals surface area contributed by atoms with Crippen LogP contribution in [0.2, 0.25) is 0 Å². The van der Waals surface area contributed by atoms with Crippen LogP contribution in [-0.2, 0) is 33.2 Å². The van der Waals surface area contributed by atoms with Crippen molar-refractivity contribution in [3.8, 4) is 0 Å². The molecule has 0 aromatic heterocycles. The quantitative estimate of drug-likeness (QED) is 0.0205. The highest BCUT2D eigenvalue weighted by Crippen LogP contribution is 2.33. The number of allylic oxidation sites excluding steroid dienone is 5. The standard InChI is InChI=1S/C65H119NO18/c1-3-5-7-9-11-13-15-16-17-18-19-20-21-22-23-24-25-26-27-28-29-30-31-32-33-35-37-39-41-43-53(71)66-48(49(70)42-40-38-36-34-14-12-10-8-6-4-2)47-79-63-59(77)56(74)61(51(45-68)81-63)84-65-60(78)57(75)62(52(46-69)82-65)83-64-58(76)55(73)54(72)50(44-67)80-64/h6,8,14,34,40,42,48-52,54-65,67-70,72-78H,3-5,7,9-13,15-33,35-39,41,43-47H2,1-2H3,(H,66,71)/b8-6+,34-14+,42-40+. The van der Waals surface area contributed by atoms with E-state index in [0.717, 1.165) is 44.9 Å². The lowest BCUT2D eigenvalue weighted by Crippen LogP contribution is -2.66. The number of unbranched alkanes of at least 4 members (excludes halogenated alkanes) is 30. The highest BCUT2D eigenvalue weighted by molar-refractivity contribution is 5.76. The molecule has 12 N–H and O–H groups in total. The summed E-state index contributed by atoms with van der Waals surface area (Å²) in [7, 11) is 0. The molecule has 17 unspecified atom stereocenters. The molecule has 17 atom stereocenters. The number of rotatable bonds is 50. The summed E-state index contributed by atoms with van der Waals surface area (Å²) in [6, 6.07) is -0.992. The van der Waals surface area contributed by atoms with Crippen molar-refractivity contribution in [3.63, 3.8) is 0 Å². The molecule has 0 saturated carbocycles. The van der Waals surface area contributed by atoms with Gasteiger partial charge in [0.2, 0.25) is 5.91 Å². The highest BCUT2D eigenvalue weighted by Gasteiger charge is 2.53. The van der Waals surface area contributed by atoms with Crippen LogP contribution in [-0.4, -0.2) is 193 Å². The third kappa shape index (κ3) is 30.5. The molecule has 19 heteroatoms. The molecule has 0 spiro atoms. The number of aliphatic hydroxyl groups is 11. The lowest BCUT2D eigenvalue weighted by Gasteiger charge is -2.48. The first kappa shape index (κ1) is 76.3. The predicted molar refractivity (Wildman–Crippen MR) is 323 cm³/mol. The van der Waals surface area contributed by atoms with Crippen LogP contribution in [0.1, 0.15) is 239 Å². The fourth-order valence-electron chi connectivity index (χ4n) is 11.3. The molecule has 0 radical (unpaired) electrons. The summed E-state index contributed by atoms with van der Waals surface area (Å²) in [6.45, 7) is 1.58. The van der Waals surface area contributed by atoms with E-state index in [1.165, 1.54) is 161 Å². The normalized spacial score (nSPS) is 29.4. The minimum atomic E-state index is -1.98. The van der Waals surface area contributed by atoms with Gasteiger partial charge in [0.1, 0.15) is 73.2 Å². The van der Waals surface area contributed by atoms with Crippen molar-refractivity contribution in [1.29, 1.82) is 0 Å². The van der Waals surface area contributed by atoms with Crippen LogP contribution in [0.4, 0.5) is 0 Å². The van der Waals surface area contributed by atoms with Crippen LogP contribution in [0.15, 0.2) is 36.5 Å². The second-order valence-corrected chi connectivity index (χ2v) is 23.9. The topological polar surface area (TPSA) is 307 Å². The first-order valence-electron chi connectivity index (χ1n) is 33.2. The van der Waals surface area contributed by atoms with E-state index < -0.39 is 124 Å². The van der Waals surface area contributed by atoms with Crippen molar-refractivity contribution in [3.05, 3.63) is 36.5 Å². The fraction of sp³-hybridized carbons (Fsp3) is 0.892. The van der Waals surface area contributed by atoms with E-state index in [2.05, 4.69) is 43.5 Å². The number of carbonyl (C=O) groups is 1. The number of carbonyl (C=O) groups excluding carboxylic acids is 1. The zero-order valence-electron chi connectivity index (χ0n) is 51.6. The number of nitrogens with one attached hydrogen (secondary N) is 1. The maximum Gasteiger partial charge on any atom is 0.220 e. The third-order valence-electron chi connectivity index (χ3n) is 16.7. The predicted octanol–water partition coefficient (Wildman–Crippen LogP) is 7.66. The fourth-order valence-corrected chi connectivity index (χ4v) is 11.3. The maximum atomic E-state index is 13.3. The van der Waals surface area contributed by atoms with Gasteiger partial charge in [-0.15, -0.1) is 0 Å². The Morgan fingerprint density at radius 1 is 0.429 bits per heavy atom. The van der Waals surface area contributed by atoms with Gasteiger partial charge in [-0.2, -0.15) is 0 Å². The minimum absolute atomic E-state index is 0.235. The number of hydrogen-bond donors (Lipinski definition) is 12. The molecule has 3 rings (SSSR count). The summed E-state index contributed by atoms with van der Waals surface area (Å²) < 4.78 is 34.2. The van der Waals surface area contributed by atoms with Gasteiger partial charge in [-0.25, -0.2) is 0 Å². The molecule has 3 aliphatic heterocycles. The van der Waals surface area contributed by atoms with Crippen molar-refractivity contribution in [1.82, 2.24) is 5.32 Å². The highest BCUT2D eigenvalue weighted by atomic mass is 16.8. The van der Waals surface area contributed by atoms with E-state index in [-0.39, 0.29) is 18.9 Å². The van der Waals surface area contributed by atoms with E-state index in [9.17, 15) is 61.0 Å². The molecule has 3 fully saturated rings. The van der Waals surface area contributed by atoms with Crippen molar-refractivity contribution in [2.24, 2.45) is 0 Å². The Balaban J connectivity index is 1.37. The SMILES string of the molecule is CC/C=C/CC/C=C/CC/C=C/C(O)C(COC1OC(CO)C(OC2OC(CO)C(OC3OC(CO)C(O)C(O)C3O)C(O)C2O)C(O)C1O)NC(=O)CCCCCCCCCCCCCCCCCCCCCCCCCCCCCCC. The lowest BCUT2D eigenvalue weighted by molar-refractivity contribution is -0.379. The Morgan fingerprint density at radius 2 is 0.774 bits per heavy atom. The summed E-state index contributed by atoms with van der Waals surface area (Å²) in [5.41, 5.74) is 0. The van der Waals surface area contributed by atoms with Crippen molar-refractivity contribution < 1.29 is 89.4 Å². The molecule has 492 valence electrons. The molecule has 0 bridgehead atoms. The second-order valence-electron chi connectivity index (χ2n) is 23.9. The van der Waals surface area contributed by atoms with Gasteiger partial charge in [0, 0.05) is 6.42 Å². The van der Waals surface area contributed by atoms with E-state index in [1.807, 2.05) is 6.08 Å². The summed E-state index contributed by atoms with van der Waals surface area (Å²) >= 11 is 0. The zero-order chi connectivity index (χ0) is 61.2. The van der Waals surface area contributed by atoms with Crippen LogP contribution in [0.5, 0.6) is 0 Å². The molecule has 3 saturated heterocycles. The first-order valence-corrected chi connectivity index (χ1v) is 33.2. The summed E-state index contributed by atoms with van der Waals surface area (Å²) in [4.78, 5) is 13.3. The maximum absolute atomic E-state index is 13.3. The smallest absolute Gasteiger partial charge is 0.220 e. The molecular weight excluding hydrogens is 1080 g/mol. The van der Waals surface area contributed by atoms with Crippen molar-refractivity contribution in [2.45, 2.75) is 343 Å². The average Bonchev–Trinajstić information content (AvgIpc) is 2.86. The van der Waals surface area contributed by atoms with E-state index in [0.29, 0.717) is 12.8 Å². The first-order chi connectivity index (χ1) is 40.8. The molecule has 0 aromatic carbocycles. The number of aliphatic hydroxyl groups excluding tert-OH is 11. The van der Waals surface area contributed by atoms with Gasteiger partial charge in [0.25, 0.3) is 0 Å². The van der Waals surface area contributed by atoms with Gasteiger partial charge >= 0.3 is 0 Å². The van der Waals surface area contributed by atoms with Crippen LogP contribution in [0.25, 0.3) is 0 Å². The lowest BCUT2D eigenvalue weighted by atomic mass is 9.96. The number of hydrogen-bond acceptors (Lipinski definition) is 18. The number of ether oxygens (including phenoxy) is 6. The van der Waals surface area contributed by atoms with Gasteiger partial charge in [0.15, 0.2) is 18.9 Å². The van der Waals surface area contributed by atoms with Crippen molar-refractivity contribution in [2.75, 3.05) is 26.4 Å².